The van der Waals surface area contributed by atoms with Gasteiger partial charge < -0.3 is 9.84 Å². The van der Waals surface area contributed by atoms with Gasteiger partial charge in [0, 0.05) is 6.20 Å². The Bertz CT molecular complexity index is 524. The van der Waals surface area contributed by atoms with Crippen LogP contribution >= 0.6 is 0 Å². The molecule has 0 bridgehead atoms. The van der Waals surface area contributed by atoms with Crippen molar-refractivity contribution < 1.29 is 14.6 Å². The van der Waals surface area contributed by atoms with Crippen LogP contribution in [0.1, 0.15) is 16.2 Å². The Balaban J connectivity index is 2.50. The number of hydrogen-bond donors (Lipinski definition) is 1. The van der Waals surface area contributed by atoms with Gasteiger partial charge >= 0.3 is 5.97 Å². The monoisotopic (exact) mass is 234 g/mol. The van der Waals surface area contributed by atoms with Crippen molar-refractivity contribution in [2.75, 3.05) is 7.11 Å². The Morgan fingerprint density at radius 3 is 2.94 bits per heavy atom. The van der Waals surface area contributed by atoms with Gasteiger partial charge in [0.25, 0.3) is 0 Å². The van der Waals surface area contributed by atoms with Crippen LogP contribution in [0.2, 0.25) is 0 Å². The van der Waals surface area contributed by atoms with E-state index in [0.29, 0.717) is 5.82 Å². The normalized spacial score (nSPS) is 10.2. The van der Waals surface area contributed by atoms with E-state index in [1.165, 1.54) is 11.8 Å². The van der Waals surface area contributed by atoms with Crippen molar-refractivity contribution >= 4 is 5.97 Å². The number of rotatable bonds is 3. The Kier molecular flexibility index (Phi) is 3.10. The highest BCUT2D eigenvalue weighted by Crippen LogP contribution is 2.11. The van der Waals surface area contributed by atoms with Crippen molar-refractivity contribution in [3.8, 4) is 5.82 Å². The minimum absolute atomic E-state index is 0.0133. The van der Waals surface area contributed by atoms with Crippen molar-refractivity contribution in [1.82, 2.24) is 20.0 Å². The molecule has 0 fully saturated rings. The fraction of sp³-hybridized carbons (Fsp3) is 0.200. The van der Waals surface area contributed by atoms with Crippen LogP contribution < -0.4 is 0 Å². The largest absolute Gasteiger partial charge is 0.464 e. The van der Waals surface area contributed by atoms with Crippen LogP contribution in [0, 0.1) is 0 Å². The zero-order chi connectivity index (χ0) is 12.3. The molecule has 1 N–H and O–H groups in total. The third kappa shape index (κ3) is 2.00. The number of aliphatic hydroxyl groups excluding tert-OH is 1. The highest BCUT2D eigenvalue weighted by molar-refractivity contribution is 5.88. The van der Waals surface area contributed by atoms with Crippen molar-refractivity contribution in [2.45, 2.75) is 6.61 Å². The van der Waals surface area contributed by atoms with Crippen LogP contribution in [0.5, 0.6) is 0 Å². The molecular weight excluding hydrogens is 224 g/mol. The Morgan fingerprint density at radius 2 is 2.35 bits per heavy atom. The number of aromatic nitrogens is 4. The maximum Gasteiger partial charge on any atom is 0.360 e. The van der Waals surface area contributed by atoms with E-state index in [1.807, 2.05) is 0 Å². The quantitative estimate of drug-likeness (QED) is 0.748. The zero-order valence-electron chi connectivity index (χ0n) is 9.07. The molecule has 2 heterocycles. The molecule has 0 aliphatic carbocycles. The molecular formula is C10H10N4O3. The summed E-state index contributed by atoms with van der Waals surface area (Å²) in [5.74, 6) is -0.171. The molecule has 17 heavy (non-hydrogen) atoms. The number of methoxy groups -OCH3 is 1. The molecule has 0 amide bonds. The third-order valence-corrected chi connectivity index (χ3v) is 2.16. The molecule has 0 saturated carbocycles. The minimum atomic E-state index is -0.642. The minimum Gasteiger partial charge on any atom is -0.464 e. The molecule has 0 saturated heterocycles. The maximum atomic E-state index is 11.4. The molecule has 0 atom stereocenters. The van der Waals surface area contributed by atoms with E-state index in [4.69, 9.17) is 0 Å². The predicted octanol–water partition coefficient (Wildman–Crippen LogP) is -0.0588. The summed E-state index contributed by atoms with van der Waals surface area (Å²) >= 11 is 0. The van der Waals surface area contributed by atoms with E-state index < -0.39 is 5.97 Å². The van der Waals surface area contributed by atoms with Gasteiger partial charge in [0.15, 0.2) is 11.5 Å². The number of nitrogens with zero attached hydrogens (tertiary/aromatic N) is 4. The van der Waals surface area contributed by atoms with Gasteiger partial charge in [-0.1, -0.05) is 11.3 Å². The first-order chi connectivity index (χ1) is 8.27. The molecule has 88 valence electrons. The number of aliphatic hydroxyl groups is 1. The van der Waals surface area contributed by atoms with E-state index in [1.54, 1.807) is 24.4 Å². The molecule has 7 nitrogen and oxygen atoms in total. The number of ether oxygens (including phenoxy) is 1. The maximum absolute atomic E-state index is 11.4. The Hall–Kier alpha value is -2.28. The number of hydrogen-bond acceptors (Lipinski definition) is 6. The summed E-state index contributed by atoms with van der Waals surface area (Å²) in [6.07, 6.45) is 1.58. The van der Waals surface area contributed by atoms with E-state index in [2.05, 4.69) is 20.0 Å². The summed E-state index contributed by atoms with van der Waals surface area (Å²) in [5, 5.41) is 16.7. The van der Waals surface area contributed by atoms with Crippen molar-refractivity contribution in [1.29, 1.82) is 0 Å². The average molecular weight is 234 g/mol. The summed E-state index contributed by atoms with van der Waals surface area (Å²) in [4.78, 5) is 15.4. The first-order valence-electron chi connectivity index (χ1n) is 4.83. The molecule has 0 spiro atoms. The average Bonchev–Trinajstić information content (AvgIpc) is 2.82. The van der Waals surface area contributed by atoms with Crippen LogP contribution in [0.4, 0.5) is 0 Å². The van der Waals surface area contributed by atoms with Gasteiger partial charge in [-0.15, -0.1) is 5.10 Å². The lowest BCUT2D eigenvalue weighted by atomic mass is 10.3. The highest BCUT2D eigenvalue weighted by atomic mass is 16.5. The van der Waals surface area contributed by atoms with Gasteiger partial charge in [0.2, 0.25) is 0 Å². The lowest BCUT2D eigenvalue weighted by molar-refractivity contribution is 0.0590. The number of esters is 1. The Labute approximate surface area is 96.7 Å². The second-order valence-corrected chi connectivity index (χ2v) is 3.13. The molecule has 2 rings (SSSR count). The lowest BCUT2D eigenvalue weighted by Crippen LogP contribution is -2.09. The van der Waals surface area contributed by atoms with E-state index in [-0.39, 0.29) is 18.0 Å². The van der Waals surface area contributed by atoms with Gasteiger partial charge in [-0.3, -0.25) is 0 Å². The summed E-state index contributed by atoms with van der Waals surface area (Å²) in [5.41, 5.74) is 0.233. The van der Waals surface area contributed by atoms with Gasteiger partial charge in [-0.25, -0.2) is 9.78 Å². The van der Waals surface area contributed by atoms with Gasteiger partial charge in [0.05, 0.1) is 13.7 Å². The standard InChI is InChI=1S/C10H10N4O3/c1-17-10(16)9-7(6-15)14(13-12-9)8-4-2-3-5-11-8/h2-5,15H,6H2,1H3. The fourth-order valence-electron chi connectivity index (χ4n) is 1.36. The number of pyridine rings is 1. The number of carbonyl (C=O) groups is 1. The van der Waals surface area contributed by atoms with E-state index in [0.717, 1.165) is 0 Å². The highest BCUT2D eigenvalue weighted by Gasteiger charge is 2.20. The molecule has 2 aromatic heterocycles. The Morgan fingerprint density at radius 1 is 1.53 bits per heavy atom. The predicted molar refractivity (Wildman–Crippen MR) is 56.4 cm³/mol. The van der Waals surface area contributed by atoms with E-state index in [9.17, 15) is 9.90 Å². The number of carbonyl (C=O) groups excluding carboxylic acids is 1. The smallest absolute Gasteiger partial charge is 0.360 e. The molecule has 0 radical (unpaired) electrons. The topological polar surface area (TPSA) is 90.1 Å². The molecule has 7 heteroatoms. The van der Waals surface area contributed by atoms with E-state index >= 15 is 0 Å². The fourth-order valence-corrected chi connectivity index (χ4v) is 1.36. The van der Waals surface area contributed by atoms with Crippen LogP contribution in [-0.4, -0.2) is 38.2 Å². The molecule has 0 unspecified atom stereocenters. The lowest BCUT2D eigenvalue weighted by Gasteiger charge is -2.03. The van der Waals surface area contributed by atoms with Gasteiger partial charge in [0.1, 0.15) is 5.69 Å². The second kappa shape index (κ2) is 4.71. The van der Waals surface area contributed by atoms with Crippen molar-refractivity contribution in [3.05, 3.63) is 35.8 Å². The van der Waals surface area contributed by atoms with Crippen LogP contribution in [0.15, 0.2) is 24.4 Å². The van der Waals surface area contributed by atoms with Crippen molar-refractivity contribution in [2.24, 2.45) is 0 Å². The summed E-state index contributed by atoms with van der Waals surface area (Å²) < 4.78 is 5.84. The van der Waals surface area contributed by atoms with Gasteiger partial charge in [-0.2, -0.15) is 4.68 Å². The SMILES string of the molecule is COC(=O)c1nnn(-c2ccccn2)c1CO. The van der Waals surface area contributed by atoms with Gasteiger partial charge in [-0.05, 0) is 12.1 Å². The summed E-state index contributed by atoms with van der Waals surface area (Å²) in [7, 11) is 1.24. The third-order valence-electron chi connectivity index (χ3n) is 2.16. The first-order valence-corrected chi connectivity index (χ1v) is 4.83. The summed E-state index contributed by atoms with van der Waals surface area (Å²) in [6.45, 7) is -0.381. The molecule has 0 aliphatic rings. The van der Waals surface area contributed by atoms with Crippen LogP contribution in [0.25, 0.3) is 5.82 Å². The summed E-state index contributed by atoms with van der Waals surface area (Å²) in [6, 6.07) is 5.21. The molecule has 0 aromatic carbocycles. The zero-order valence-corrected chi connectivity index (χ0v) is 9.07. The first kappa shape index (κ1) is 11.2. The molecule has 2 aromatic rings. The van der Waals surface area contributed by atoms with Crippen LogP contribution in [-0.2, 0) is 11.3 Å². The molecule has 0 aliphatic heterocycles. The van der Waals surface area contributed by atoms with Crippen molar-refractivity contribution in [3.63, 3.8) is 0 Å². The second-order valence-electron chi connectivity index (χ2n) is 3.13. The van der Waals surface area contributed by atoms with Crippen LogP contribution in [0.3, 0.4) is 0 Å².